The van der Waals surface area contributed by atoms with E-state index < -0.39 is 6.04 Å². The molecule has 0 radical (unpaired) electrons. The van der Waals surface area contributed by atoms with E-state index in [0.29, 0.717) is 17.5 Å². The lowest BCUT2D eigenvalue weighted by molar-refractivity contribution is -0.129. The number of hydrogen-bond donors (Lipinski definition) is 3. The standard InChI is InChI=1S/C17H21N5O2/c1-9(2)15-20-17-19-14(23)8-13(22(17)21-15)16(24)18-12-6-5-10(3)11(4)7-12/h5-7,13,21H,8H2,1-4H3,(H,18,24)(H,19,20,23)/t13-/m0/s1. The minimum Gasteiger partial charge on any atom is -0.324 e. The number of carbonyl (C=O) groups excluding carboxylic acids is 2. The maximum atomic E-state index is 12.7. The molecule has 7 nitrogen and oxygen atoms in total. The second-order valence-electron chi connectivity index (χ2n) is 6.32. The van der Waals surface area contributed by atoms with Gasteiger partial charge in [0.05, 0.1) is 6.42 Å². The van der Waals surface area contributed by atoms with Crippen molar-refractivity contribution in [1.29, 1.82) is 0 Å². The van der Waals surface area contributed by atoms with E-state index in [1.165, 1.54) is 0 Å². The van der Waals surface area contributed by atoms with Crippen LogP contribution < -0.4 is 16.1 Å². The number of aliphatic imine (C=N–C) groups is 1. The number of benzene rings is 1. The number of rotatable bonds is 2. The normalized spacial score (nSPS) is 19.2. The molecule has 0 aliphatic carbocycles. The summed E-state index contributed by atoms with van der Waals surface area (Å²) in [6.45, 7) is 7.84. The third-order valence-electron chi connectivity index (χ3n) is 4.16. The van der Waals surface area contributed by atoms with Gasteiger partial charge < -0.3 is 5.32 Å². The number of nitrogens with zero attached hydrogens (tertiary/aromatic N) is 2. The van der Waals surface area contributed by atoms with Crippen molar-refractivity contribution in [2.45, 2.75) is 40.2 Å². The Kier molecular flexibility index (Phi) is 4.01. The zero-order chi connectivity index (χ0) is 17.4. The quantitative estimate of drug-likeness (QED) is 0.769. The number of allylic oxidation sites excluding steroid dienone is 1. The average Bonchev–Trinajstić information content (AvgIpc) is 2.94. The summed E-state index contributed by atoms with van der Waals surface area (Å²) in [5.74, 6) is 0.546. The van der Waals surface area contributed by atoms with Crippen molar-refractivity contribution in [3.8, 4) is 0 Å². The molecule has 0 bridgehead atoms. The van der Waals surface area contributed by atoms with Gasteiger partial charge >= 0.3 is 0 Å². The molecular formula is C17H21N5O2. The predicted molar refractivity (Wildman–Crippen MR) is 91.9 cm³/mol. The van der Waals surface area contributed by atoms with Gasteiger partial charge in [0.1, 0.15) is 11.9 Å². The van der Waals surface area contributed by atoms with Crippen molar-refractivity contribution in [1.82, 2.24) is 15.8 Å². The Bertz CT molecular complexity index is 777. The Balaban J connectivity index is 1.81. The highest BCUT2D eigenvalue weighted by molar-refractivity contribution is 6.07. The summed E-state index contributed by atoms with van der Waals surface area (Å²) in [5.41, 5.74) is 7.03. The van der Waals surface area contributed by atoms with Crippen LogP contribution in [0.5, 0.6) is 0 Å². The summed E-state index contributed by atoms with van der Waals surface area (Å²) in [4.78, 5) is 28.9. The predicted octanol–water partition coefficient (Wildman–Crippen LogP) is 1.56. The summed E-state index contributed by atoms with van der Waals surface area (Å²) < 4.78 is 0. The van der Waals surface area contributed by atoms with E-state index in [9.17, 15) is 9.59 Å². The highest BCUT2D eigenvalue weighted by Crippen LogP contribution is 2.20. The lowest BCUT2D eigenvalue weighted by atomic mass is 10.1. The molecule has 2 aliphatic heterocycles. The molecule has 0 aromatic heterocycles. The first kappa shape index (κ1) is 16.0. The lowest BCUT2D eigenvalue weighted by Gasteiger charge is -2.32. The summed E-state index contributed by atoms with van der Waals surface area (Å²) in [6.07, 6.45) is 0.0682. The summed E-state index contributed by atoms with van der Waals surface area (Å²) in [6, 6.07) is 5.08. The van der Waals surface area contributed by atoms with Gasteiger partial charge in [-0.15, -0.1) is 0 Å². The van der Waals surface area contributed by atoms with Crippen molar-refractivity contribution < 1.29 is 9.59 Å². The SMILES string of the molecule is CC(C)=C1N=C2NC(=O)C[C@@H](C(=O)Nc3ccc(C)c(C)c3)N2N1. The average molecular weight is 327 g/mol. The molecule has 1 fully saturated rings. The molecule has 1 aromatic carbocycles. The number of carbonyl (C=O) groups is 2. The topological polar surface area (TPSA) is 85.8 Å². The van der Waals surface area contributed by atoms with E-state index in [1.54, 1.807) is 5.01 Å². The molecule has 7 heteroatoms. The fourth-order valence-corrected chi connectivity index (χ4v) is 2.59. The van der Waals surface area contributed by atoms with E-state index in [4.69, 9.17) is 0 Å². The van der Waals surface area contributed by atoms with Crippen LogP contribution in [0.1, 0.15) is 31.4 Å². The van der Waals surface area contributed by atoms with E-state index in [0.717, 1.165) is 16.7 Å². The maximum Gasteiger partial charge on any atom is 0.249 e. The Morgan fingerprint density at radius 2 is 2.04 bits per heavy atom. The second kappa shape index (κ2) is 5.99. The van der Waals surface area contributed by atoms with Gasteiger partial charge in [-0.25, -0.2) is 5.01 Å². The van der Waals surface area contributed by atoms with Gasteiger partial charge in [-0.2, -0.15) is 4.99 Å². The third-order valence-corrected chi connectivity index (χ3v) is 4.16. The first-order chi connectivity index (χ1) is 11.3. The first-order valence-corrected chi connectivity index (χ1v) is 7.85. The minimum atomic E-state index is -0.657. The zero-order valence-electron chi connectivity index (χ0n) is 14.2. The van der Waals surface area contributed by atoms with Crippen LogP contribution in [0.2, 0.25) is 0 Å². The van der Waals surface area contributed by atoms with Gasteiger partial charge in [0, 0.05) is 5.69 Å². The van der Waals surface area contributed by atoms with Gasteiger partial charge in [0.25, 0.3) is 0 Å². The molecule has 0 spiro atoms. The molecule has 2 heterocycles. The Morgan fingerprint density at radius 3 is 2.71 bits per heavy atom. The number of hydrogen-bond acceptors (Lipinski definition) is 5. The van der Waals surface area contributed by atoms with Gasteiger partial charge in [0.15, 0.2) is 0 Å². The van der Waals surface area contributed by atoms with Crippen molar-refractivity contribution in [2.75, 3.05) is 5.32 Å². The number of hydrazine groups is 1. The molecule has 0 unspecified atom stereocenters. The van der Waals surface area contributed by atoms with Crippen LogP contribution in [-0.4, -0.2) is 28.8 Å². The van der Waals surface area contributed by atoms with E-state index in [2.05, 4.69) is 21.1 Å². The molecular weight excluding hydrogens is 306 g/mol. The molecule has 126 valence electrons. The van der Waals surface area contributed by atoms with E-state index in [-0.39, 0.29) is 18.2 Å². The van der Waals surface area contributed by atoms with Gasteiger partial charge in [-0.1, -0.05) is 6.07 Å². The van der Waals surface area contributed by atoms with Crippen LogP contribution >= 0.6 is 0 Å². The van der Waals surface area contributed by atoms with Crippen molar-refractivity contribution in [2.24, 2.45) is 4.99 Å². The smallest absolute Gasteiger partial charge is 0.249 e. The van der Waals surface area contributed by atoms with Crippen LogP contribution in [-0.2, 0) is 9.59 Å². The number of nitrogens with one attached hydrogen (secondary N) is 3. The minimum absolute atomic E-state index is 0.0682. The second-order valence-corrected chi connectivity index (χ2v) is 6.32. The fourth-order valence-electron chi connectivity index (χ4n) is 2.59. The number of guanidine groups is 1. The Labute approximate surface area is 140 Å². The molecule has 24 heavy (non-hydrogen) atoms. The zero-order valence-corrected chi connectivity index (χ0v) is 14.2. The molecule has 1 atom stereocenters. The van der Waals surface area contributed by atoms with Crippen LogP contribution in [0.4, 0.5) is 5.69 Å². The van der Waals surface area contributed by atoms with Gasteiger partial charge in [0.2, 0.25) is 17.8 Å². The van der Waals surface area contributed by atoms with Gasteiger partial charge in [-0.3, -0.25) is 20.3 Å². The largest absolute Gasteiger partial charge is 0.324 e. The number of amides is 2. The Hall–Kier alpha value is -2.83. The third kappa shape index (κ3) is 2.97. The highest BCUT2D eigenvalue weighted by Gasteiger charge is 2.39. The monoisotopic (exact) mass is 327 g/mol. The highest BCUT2D eigenvalue weighted by atomic mass is 16.2. The summed E-state index contributed by atoms with van der Waals surface area (Å²) in [5, 5.41) is 7.19. The van der Waals surface area contributed by atoms with Crippen LogP contribution in [0.25, 0.3) is 0 Å². The molecule has 0 saturated carbocycles. The summed E-state index contributed by atoms with van der Waals surface area (Å²) in [7, 11) is 0. The lowest BCUT2D eigenvalue weighted by Crippen LogP contribution is -2.61. The molecule has 1 saturated heterocycles. The fraction of sp³-hybridized carbons (Fsp3) is 0.353. The van der Waals surface area contributed by atoms with Crippen molar-refractivity contribution in [3.63, 3.8) is 0 Å². The molecule has 3 N–H and O–H groups in total. The van der Waals surface area contributed by atoms with E-state index >= 15 is 0 Å². The number of fused-ring (bicyclic) bond motifs is 1. The van der Waals surface area contributed by atoms with Crippen LogP contribution in [0, 0.1) is 13.8 Å². The van der Waals surface area contributed by atoms with E-state index in [1.807, 2.05) is 45.9 Å². The van der Waals surface area contributed by atoms with Crippen LogP contribution in [0.3, 0.4) is 0 Å². The first-order valence-electron chi connectivity index (χ1n) is 7.85. The maximum absolute atomic E-state index is 12.7. The molecule has 2 aliphatic rings. The number of aryl methyl sites for hydroxylation is 2. The molecule has 3 rings (SSSR count). The number of anilines is 1. The summed E-state index contributed by atoms with van der Waals surface area (Å²) >= 11 is 0. The van der Waals surface area contributed by atoms with Crippen molar-refractivity contribution in [3.05, 3.63) is 40.7 Å². The van der Waals surface area contributed by atoms with Gasteiger partial charge in [-0.05, 0) is 56.5 Å². The van der Waals surface area contributed by atoms with Crippen molar-refractivity contribution >= 4 is 23.5 Å². The Morgan fingerprint density at radius 1 is 1.29 bits per heavy atom. The van der Waals surface area contributed by atoms with Crippen LogP contribution in [0.15, 0.2) is 34.6 Å². The molecule has 1 aromatic rings. The molecule has 2 amide bonds.